The Morgan fingerprint density at radius 2 is 2.00 bits per heavy atom. The predicted octanol–water partition coefficient (Wildman–Crippen LogP) is 1.10. The second-order valence-corrected chi connectivity index (χ2v) is 3.43. The van der Waals surface area contributed by atoms with Crippen LogP contribution in [-0.2, 0) is 4.74 Å². The van der Waals surface area contributed by atoms with Gasteiger partial charge in [0.2, 0.25) is 0 Å². The molecule has 1 aromatic carbocycles. The molecule has 0 radical (unpaired) electrons. The van der Waals surface area contributed by atoms with Crippen LogP contribution in [-0.4, -0.2) is 33.4 Å². The fourth-order valence-corrected chi connectivity index (χ4v) is 1.41. The first-order valence-corrected chi connectivity index (χ1v) is 4.74. The lowest BCUT2D eigenvalue weighted by molar-refractivity contribution is 0.181. The largest absolute Gasteiger partial charge is 0.383 e. The van der Waals surface area contributed by atoms with Crippen molar-refractivity contribution in [3.05, 3.63) is 30.3 Å². The lowest BCUT2D eigenvalue weighted by Gasteiger charge is -2.22. The summed E-state index contributed by atoms with van der Waals surface area (Å²) >= 11 is 0. The minimum Gasteiger partial charge on any atom is -0.383 e. The molecule has 0 amide bonds. The fourth-order valence-electron chi connectivity index (χ4n) is 1.41. The number of hydrogen-bond donors (Lipinski definition) is 1. The number of rotatable bonds is 5. The first-order chi connectivity index (χ1) is 6.74. The second-order valence-electron chi connectivity index (χ2n) is 3.43. The Morgan fingerprint density at radius 1 is 1.36 bits per heavy atom. The maximum absolute atomic E-state index is 5.86. The highest BCUT2D eigenvalue weighted by Gasteiger charge is 2.06. The van der Waals surface area contributed by atoms with Gasteiger partial charge in [-0.15, -0.1) is 0 Å². The van der Waals surface area contributed by atoms with Crippen molar-refractivity contribution in [3.8, 4) is 0 Å². The van der Waals surface area contributed by atoms with E-state index in [0.717, 1.165) is 6.54 Å². The zero-order valence-electron chi connectivity index (χ0n) is 8.81. The number of para-hydroxylation sites is 1. The third-order valence-corrected chi connectivity index (χ3v) is 2.09. The van der Waals surface area contributed by atoms with E-state index in [-0.39, 0.29) is 6.04 Å². The predicted molar refractivity (Wildman–Crippen MR) is 59.6 cm³/mol. The summed E-state index contributed by atoms with van der Waals surface area (Å²) in [6.45, 7) is 1.40. The molecule has 0 saturated carbocycles. The number of nitrogens with two attached hydrogens (primary N) is 1. The quantitative estimate of drug-likeness (QED) is 0.762. The van der Waals surface area contributed by atoms with Crippen molar-refractivity contribution >= 4 is 5.69 Å². The molecule has 0 fully saturated rings. The normalized spacial score (nSPS) is 12.5. The highest BCUT2D eigenvalue weighted by molar-refractivity contribution is 5.45. The summed E-state index contributed by atoms with van der Waals surface area (Å²) in [5, 5.41) is 0. The summed E-state index contributed by atoms with van der Waals surface area (Å²) < 4.78 is 4.99. The van der Waals surface area contributed by atoms with Crippen molar-refractivity contribution in [1.82, 2.24) is 0 Å². The molecule has 3 nitrogen and oxygen atoms in total. The Bertz CT molecular complexity index is 251. The van der Waals surface area contributed by atoms with Crippen LogP contribution in [0.15, 0.2) is 30.3 Å². The van der Waals surface area contributed by atoms with Crippen LogP contribution >= 0.6 is 0 Å². The van der Waals surface area contributed by atoms with Gasteiger partial charge in [-0.3, -0.25) is 0 Å². The van der Waals surface area contributed by atoms with Gasteiger partial charge in [-0.05, 0) is 12.1 Å². The molecular formula is C11H18N2O. The number of ether oxygens (including phenoxy) is 1. The Labute approximate surface area is 85.5 Å². The van der Waals surface area contributed by atoms with Crippen molar-refractivity contribution in [1.29, 1.82) is 0 Å². The van der Waals surface area contributed by atoms with Crippen molar-refractivity contribution in [2.45, 2.75) is 6.04 Å². The molecule has 3 heteroatoms. The minimum absolute atomic E-state index is 0.0604. The molecule has 1 atom stereocenters. The smallest absolute Gasteiger partial charge is 0.0631 e. The van der Waals surface area contributed by atoms with E-state index >= 15 is 0 Å². The molecule has 78 valence electrons. The van der Waals surface area contributed by atoms with Crippen molar-refractivity contribution < 1.29 is 4.74 Å². The molecule has 0 spiro atoms. The summed E-state index contributed by atoms with van der Waals surface area (Å²) in [5.74, 6) is 0. The molecule has 14 heavy (non-hydrogen) atoms. The maximum atomic E-state index is 5.86. The number of likely N-dealkylation sites (N-methyl/N-ethyl adjacent to an activating group) is 1. The van der Waals surface area contributed by atoms with E-state index in [4.69, 9.17) is 10.5 Å². The van der Waals surface area contributed by atoms with Crippen molar-refractivity contribution in [3.63, 3.8) is 0 Å². The van der Waals surface area contributed by atoms with Crippen molar-refractivity contribution in [2.75, 3.05) is 32.2 Å². The van der Waals surface area contributed by atoms with Gasteiger partial charge in [0.25, 0.3) is 0 Å². The van der Waals surface area contributed by atoms with Crippen LogP contribution in [0.3, 0.4) is 0 Å². The van der Waals surface area contributed by atoms with Crippen LogP contribution in [0.4, 0.5) is 5.69 Å². The van der Waals surface area contributed by atoms with Gasteiger partial charge in [-0.2, -0.15) is 0 Å². The summed E-state index contributed by atoms with van der Waals surface area (Å²) in [5.41, 5.74) is 7.04. The number of anilines is 1. The molecule has 0 aliphatic heterocycles. The third-order valence-electron chi connectivity index (χ3n) is 2.09. The molecule has 0 aliphatic rings. The van der Waals surface area contributed by atoms with Gasteiger partial charge in [0.15, 0.2) is 0 Å². The average Bonchev–Trinajstić information content (AvgIpc) is 2.19. The topological polar surface area (TPSA) is 38.5 Å². The Kier molecular flexibility index (Phi) is 4.43. The molecule has 1 unspecified atom stereocenters. The van der Waals surface area contributed by atoms with E-state index in [1.165, 1.54) is 5.69 Å². The molecule has 2 N–H and O–H groups in total. The van der Waals surface area contributed by atoms with Crippen LogP contribution in [0.1, 0.15) is 0 Å². The van der Waals surface area contributed by atoms with E-state index in [9.17, 15) is 0 Å². The van der Waals surface area contributed by atoms with Gasteiger partial charge >= 0.3 is 0 Å². The zero-order valence-corrected chi connectivity index (χ0v) is 8.81. The van der Waals surface area contributed by atoms with Crippen LogP contribution < -0.4 is 10.6 Å². The summed E-state index contributed by atoms with van der Waals surface area (Å²) in [7, 11) is 3.70. The number of benzene rings is 1. The number of hydrogen-bond acceptors (Lipinski definition) is 3. The lowest BCUT2D eigenvalue weighted by atomic mass is 10.2. The standard InChI is InChI=1S/C11H18N2O/c1-13(8-10(12)9-14-2)11-6-4-3-5-7-11/h3-7,10H,8-9,12H2,1-2H3. The minimum atomic E-state index is 0.0604. The fraction of sp³-hybridized carbons (Fsp3) is 0.455. The number of methoxy groups -OCH3 is 1. The molecule has 1 rings (SSSR count). The Balaban J connectivity index is 2.46. The SMILES string of the molecule is COCC(N)CN(C)c1ccccc1. The zero-order chi connectivity index (χ0) is 10.4. The van der Waals surface area contributed by atoms with Gasteiger partial charge < -0.3 is 15.4 Å². The van der Waals surface area contributed by atoms with Crippen LogP contribution in [0.5, 0.6) is 0 Å². The van der Waals surface area contributed by atoms with Gasteiger partial charge in [0.1, 0.15) is 0 Å². The average molecular weight is 194 g/mol. The Morgan fingerprint density at radius 3 is 2.57 bits per heavy atom. The third kappa shape index (κ3) is 3.36. The summed E-state index contributed by atoms with van der Waals surface area (Å²) in [4.78, 5) is 2.13. The van der Waals surface area contributed by atoms with E-state index in [0.29, 0.717) is 6.61 Å². The summed E-state index contributed by atoms with van der Waals surface area (Å²) in [6.07, 6.45) is 0. The van der Waals surface area contributed by atoms with E-state index < -0.39 is 0 Å². The molecule has 0 aromatic heterocycles. The van der Waals surface area contributed by atoms with Crippen LogP contribution in [0, 0.1) is 0 Å². The first-order valence-electron chi connectivity index (χ1n) is 4.74. The molecule has 1 aromatic rings. The highest BCUT2D eigenvalue weighted by Crippen LogP contribution is 2.10. The van der Waals surface area contributed by atoms with Gasteiger partial charge in [-0.1, -0.05) is 18.2 Å². The van der Waals surface area contributed by atoms with Gasteiger partial charge in [0, 0.05) is 32.4 Å². The molecular weight excluding hydrogens is 176 g/mol. The van der Waals surface area contributed by atoms with Crippen LogP contribution in [0.25, 0.3) is 0 Å². The number of nitrogens with zero attached hydrogens (tertiary/aromatic N) is 1. The Hall–Kier alpha value is -1.06. The molecule has 0 saturated heterocycles. The monoisotopic (exact) mass is 194 g/mol. The first kappa shape index (κ1) is 11.0. The van der Waals surface area contributed by atoms with E-state index in [1.54, 1.807) is 7.11 Å². The van der Waals surface area contributed by atoms with E-state index in [2.05, 4.69) is 17.0 Å². The van der Waals surface area contributed by atoms with Gasteiger partial charge in [0.05, 0.1) is 6.61 Å². The molecule has 0 aliphatic carbocycles. The van der Waals surface area contributed by atoms with Crippen LogP contribution in [0.2, 0.25) is 0 Å². The molecule has 0 bridgehead atoms. The molecule has 0 heterocycles. The van der Waals surface area contributed by atoms with Gasteiger partial charge in [-0.25, -0.2) is 0 Å². The van der Waals surface area contributed by atoms with E-state index in [1.807, 2.05) is 25.2 Å². The highest BCUT2D eigenvalue weighted by atomic mass is 16.5. The second kappa shape index (κ2) is 5.62. The summed E-state index contributed by atoms with van der Waals surface area (Å²) in [6, 6.07) is 10.2. The van der Waals surface area contributed by atoms with Crippen molar-refractivity contribution in [2.24, 2.45) is 5.73 Å². The lowest BCUT2D eigenvalue weighted by Crippen LogP contribution is -2.38. The maximum Gasteiger partial charge on any atom is 0.0631 e.